The second-order valence-corrected chi connectivity index (χ2v) is 8.74. The normalized spacial score (nSPS) is 18.7. The summed E-state index contributed by atoms with van der Waals surface area (Å²) in [6.45, 7) is 8.13. The van der Waals surface area contributed by atoms with Crippen molar-refractivity contribution in [3.8, 4) is 5.75 Å². The summed E-state index contributed by atoms with van der Waals surface area (Å²) in [7, 11) is 0. The van der Waals surface area contributed by atoms with Crippen molar-refractivity contribution < 1.29 is 19.1 Å². The smallest absolute Gasteiger partial charge is 0.338 e. The average Bonchev–Trinajstić information content (AvgIpc) is 2.85. The van der Waals surface area contributed by atoms with Crippen molar-refractivity contribution in [3.63, 3.8) is 0 Å². The van der Waals surface area contributed by atoms with Crippen LogP contribution in [-0.2, 0) is 9.53 Å². The molecule has 2 N–H and O–H groups in total. The Balaban J connectivity index is 1.55. The van der Waals surface area contributed by atoms with Gasteiger partial charge in [-0.3, -0.25) is 4.90 Å². The Morgan fingerprint density at radius 1 is 1.03 bits per heavy atom. The van der Waals surface area contributed by atoms with Crippen LogP contribution >= 0.6 is 11.6 Å². The molecule has 9 heteroatoms. The van der Waals surface area contributed by atoms with E-state index in [0.29, 0.717) is 35.0 Å². The second-order valence-electron chi connectivity index (χ2n) is 8.33. The molecule has 0 unspecified atom stereocenters. The van der Waals surface area contributed by atoms with Crippen molar-refractivity contribution in [2.75, 3.05) is 50.8 Å². The van der Waals surface area contributed by atoms with Crippen LogP contribution < -0.4 is 20.3 Å². The number of anilines is 1. The lowest BCUT2D eigenvalue weighted by Gasteiger charge is -2.38. The number of nitrogens with zero attached hydrogens (tertiary/aromatic N) is 2. The maximum absolute atomic E-state index is 13.0. The molecule has 1 atom stereocenters. The minimum atomic E-state index is -0.689. The Morgan fingerprint density at radius 2 is 1.74 bits per heavy atom. The van der Waals surface area contributed by atoms with Gasteiger partial charge in [-0.2, -0.15) is 0 Å². The summed E-state index contributed by atoms with van der Waals surface area (Å²) in [6, 6.07) is 14.2. The number of esters is 1. The number of carbonyl (C=O) groups is 2. The Kier molecular flexibility index (Phi) is 8.15. The van der Waals surface area contributed by atoms with Gasteiger partial charge in [-0.05, 0) is 37.6 Å². The molecule has 2 aromatic carbocycles. The molecule has 0 saturated carbocycles. The van der Waals surface area contributed by atoms with Crippen molar-refractivity contribution in [2.24, 2.45) is 0 Å². The first-order chi connectivity index (χ1) is 17.0. The van der Waals surface area contributed by atoms with Crippen LogP contribution in [0.1, 0.15) is 25.5 Å². The van der Waals surface area contributed by atoms with Gasteiger partial charge in [0.25, 0.3) is 0 Å². The first kappa shape index (κ1) is 24.9. The van der Waals surface area contributed by atoms with Gasteiger partial charge in [0.15, 0.2) is 0 Å². The summed E-state index contributed by atoms with van der Waals surface area (Å²) in [5.41, 5.74) is 2.65. The number of ether oxygens (including phenoxy) is 2. The lowest BCUT2D eigenvalue weighted by molar-refractivity contribution is -0.139. The van der Waals surface area contributed by atoms with E-state index in [4.69, 9.17) is 21.1 Å². The Hall–Kier alpha value is -3.23. The maximum Gasteiger partial charge on any atom is 0.338 e. The lowest BCUT2D eigenvalue weighted by Crippen LogP contribution is -2.52. The SMILES string of the molecule is CCOC(=O)C1=C(CN2CCN(c3ccccc3OCC)CC2)NC(=O)N[C@@H]1c1ccccc1Cl. The van der Waals surface area contributed by atoms with Crippen LogP contribution in [0.25, 0.3) is 0 Å². The van der Waals surface area contributed by atoms with Gasteiger partial charge >= 0.3 is 12.0 Å². The Bertz CT molecular complexity index is 1100. The number of para-hydroxylation sites is 2. The molecule has 2 aliphatic heterocycles. The van der Waals surface area contributed by atoms with Crippen LogP contribution in [0.15, 0.2) is 59.8 Å². The van der Waals surface area contributed by atoms with Gasteiger partial charge in [0.05, 0.1) is 30.5 Å². The van der Waals surface area contributed by atoms with Gasteiger partial charge in [0.1, 0.15) is 5.75 Å². The monoisotopic (exact) mass is 498 g/mol. The van der Waals surface area contributed by atoms with E-state index in [0.717, 1.165) is 37.6 Å². The van der Waals surface area contributed by atoms with Crippen molar-refractivity contribution >= 4 is 29.3 Å². The van der Waals surface area contributed by atoms with E-state index in [9.17, 15) is 9.59 Å². The van der Waals surface area contributed by atoms with Crippen molar-refractivity contribution in [3.05, 3.63) is 70.4 Å². The molecule has 4 rings (SSSR count). The minimum Gasteiger partial charge on any atom is -0.492 e. The van der Waals surface area contributed by atoms with Crippen LogP contribution in [-0.4, -0.2) is 62.8 Å². The molecule has 35 heavy (non-hydrogen) atoms. The highest BCUT2D eigenvalue weighted by atomic mass is 35.5. The highest BCUT2D eigenvalue weighted by Crippen LogP contribution is 2.33. The highest BCUT2D eigenvalue weighted by molar-refractivity contribution is 6.31. The summed E-state index contributed by atoms with van der Waals surface area (Å²) in [5, 5.41) is 6.17. The van der Waals surface area contributed by atoms with E-state index in [2.05, 4.69) is 26.5 Å². The van der Waals surface area contributed by atoms with Crippen molar-refractivity contribution in [1.82, 2.24) is 15.5 Å². The number of hydrogen-bond acceptors (Lipinski definition) is 6. The van der Waals surface area contributed by atoms with Gasteiger partial charge < -0.3 is 25.0 Å². The van der Waals surface area contributed by atoms with E-state index in [-0.39, 0.29) is 12.6 Å². The Morgan fingerprint density at radius 3 is 2.46 bits per heavy atom. The quantitative estimate of drug-likeness (QED) is 0.540. The van der Waals surface area contributed by atoms with Gasteiger partial charge in [-0.1, -0.05) is 41.9 Å². The van der Waals surface area contributed by atoms with Crippen molar-refractivity contribution in [2.45, 2.75) is 19.9 Å². The fourth-order valence-corrected chi connectivity index (χ4v) is 4.75. The predicted molar refractivity (Wildman–Crippen MR) is 136 cm³/mol. The molecule has 0 aromatic heterocycles. The third kappa shape index (κ3) is 5.71. The minimum absolute atomic E-state index is 0.233. The van der Waals surface area contributed by atoms with Crippen LogP contribution in [0, 0.1) is 0 Å². The van der Waals surface area contributed by atoms with Gasteiger partial charge in [-0.25, -0.2) is 9.59 Å². The number of benzene rings is 2. The molecule has 2 aliphatic rings. The zero-order valence-corrected chi connectivity index (χ0v) is 20.8. The molecule has 2 aromatic rings. The zero-order valence-electron chi connectivity index (χ0n) is 20.1. The fourth-order valence-electron chi connectivity index (χ4n) is 4.50. The topological polar surface area (TPSA) is 83.1 Å². The largest absolute Gasteiger partial charge is 0.492 e. The summed E-state index contributed by atoms with van der Waals surface area (Å²) in [6.07, 6.45) is 0. The van der Waals surface area contributed by atoms with Crippen molar-refractivity contribution in [1.29, 1.82) is 0 Å². The van der Waals surface area contributed by atoms with E-state index >= 15 is 0 Å². The molecule has 0 aliphatic carbocycles. The molecule has 186 valence electrons. The number of nitrogens with one attached hydrogen (secondary N) is 2. The third-order valence-corrected chi connectivity index (χ3v) is 6.47. The van der Waals surface area contributed by atoms with E-state index in [1.54, 1.807) is 13.0 Å². The Labute approximate surface area is 210 Å². The van der Waals surface area contributed by atoms with Crippen LogP contribution in [0.3, 0.4) is 0 Å². The molecule has 0 bridgehead atoms. The number of halogens is 1. The van der Waals surface area contributed by atoms with Crippen LogP contribution in [0.4, 0.5) is 10.5 Å². The maximum atomic E-state index is 13.0. The summed E-state index contributed by atoms with van der Waals surface area (Å²) in [4.78, 5) is 30.1. The molecule has 1 saturated heterocycles. The summed E-state index contributed by atoms with van der Waals surface area (Å²) >= 11 is 6.43. The van der Waals surface area contributed by atoms with Gasteiger partial charge in [0.2, 0.25) is 0 Å². The fraction of sp³-hybridized carbons (Fsp3) is 0.385. The molecule has 8 nitrogen and oxygen atoms in total. The molecule has 0 radical (unpaired) electrons. The first-order valence-corrected chi connectivity index (χ1v) is 12.3. The number of urea groups is 1. The second kappa shape index (κ2) is 11.5. The standard InChI is InChI=1S/C26H31ClN4O4/c1-3-34-22-12-8-7-11-21(22)31-15-13-30(14-16-31)17-20-23(25(32)35-4-2)24(29-26(33)28-20)18-9-5-6-10-19(18)27/h5-12,24H,3-4,13-17H2,1-2H3,(H2,28,29,33)/t24-/m1/s1. The number of amides is 2. The molecule has 2 heterocycles. The summed E-state index contributed by atoms with van der Waals surface area (Å²) < 4.78 is 11.2. The zero-order chi connectivity index (χ0) is 24.8. The molecule has 2 amide bonds. The molecular weight excluding hydrogens is 468 g/mol. The predicted octanol–water partition coefficient (Wildman–Crippen LogP) is 3.73. The molecule has 0 spiro atoms. The van der Waals surface area contributed by atoms with Gasteiger partial charge in [0, 0.05) is 43.4 Å². The summed E-state index contributed by atoms with van der Waals surface area (Å²) in [5.74, 6) is 0.410. The third-order valence-electron chi connectivity index (χ3n) is 6.13. The number of piperazine rings is 1. The molecule has 1 fully saturated rings. The number of rotatable bonds is 8. The first-order valence-electron chi connectivity index (χ1n) is 11.9. The molecular formula is C26H31ClN4O4. The van der Waals surface area contributed by atoms with E-state index < -0.39 is 12.0 Å². The number of carbonyl (C=O) groups excluding carboxylic acids is 2. The van der Waals surface area contributed by atoms with Gasteiger partial charge in [-0.15, -0.1) is 0 Å². The average molecular weight is 499 g/mol. The van der Waals surface area contributed by atoms with Crippen LogP contribution in [0.5, 0.6) is 5.75 Å². The lowest BCUT2D eigenvalue weighted by atomic mass is 9.94. The number of hydrogen-bond donors (Lipinski definition) is 2. The highest BCUT2D eigenvalue weighted by Gasteiger charge is 2.35. The van der Waals surface area contributed by atoms with Crippen LogP contribution in [0.2, 0.25) is 5.02 Å². The van der Waals surface area contributed by atoms with E-state index in [1.165, 1.54) is 0 Å². The van der Waals surface area contributed by atoms with E-state index in [1.807, 2.05) is 43.3 Å².